The van der Waals surface area contributed by atoms with Crippen molar-refractivity contribution in [2.24, 2.45) is 17.2 Å². The molecule has 0 radical (unpaired) electrons. The van der Waals surface area contributed by atoms with Crippen molar-refractivity contribution < 1.29 is 33.9 Å². The van der Waals surface area contributed by atoms with Gasteiger partial charge in [-0.2, -0.15) is 25.3 Å². The molecule has 0 aromatic rings. The zero-order chi connectivity index (χ0) is 23.4. The number of nitrogens with one attached hydrogen (secondary N) is 3. The number of nitrogens with two attached hydrogens (primary N) is 3. The van der Waals surface area contributed by atoms with Crippen molar-refractivity contribution in [1.29, 1.82) is 0 Å². The number of carbonyl (C=O) groups excluding carboxylic acids is 5. The number of rotatable bonds is 14. The lowest BCUT2D eigenvalue weighted by Crippen LogP contribution is -2.58. The van der Waals surface area contributed by atoms with Crippen LogP contribution < -0.4 is 33.2 Å². The molecule has 4 unspecified atom stereocenters. The van der Waals surface area contributed by atoms with Gasteiger partial charge in [-0.25, -0.2) is 4.79 Å². The molecule has 0 aliphatic carbocycles. The normalized spacial score (nSPS) is 14.5. The van der Waals surface area contributed by atoms with Crippen LogP contribution in [0.15, 0.2) is 0 Å². The summed E-state index contributed by atoms with van der Waals surface area (Å²) in [5.74, 6) is -5.93. The van der Waals surface area contributed by atoms with Crippen LogP contribution >= 0.6 is 25.3 Å². The van der Waals surface area contributed by atoms with E-state index in [2.05, 4.69) is 41.2 Å². The Morgan fingerprint density at radius 2 is 1.27 bits per heavy atom. The first kappa shape index (κ1) is 27.5. The Hall–Kier alpha value is -2.52. The Balaban J connectivity index is 5.27. The number of amides is 5. The average Bonchev–Trinajstić information content (AvgIpc) is 2.66. The average molecular weight is 467 g/mol. The van der Waals surface area contributed by atoms with Crippen molar-refractivity contribution in [1.82, 2.24) is 16.0 Å². The lowest BCUT2D eigenvalue weighted by Gasteiger charge is -2.23. The molecule has 0 aromatic heterocycles. The second-order valence-corrected chi connectivity index (χ2v) is 6.90. The molecule has 13 nitrogen and oxygen atoms in total. The summed E-state index contributed by atoms with van der Waals surface area (Å²) in [6.45, 7) is 0. The van der Waals surface area contributed by atoms with Crippen LogP contribution in [0.3, 0.4) is 0 Å². The first-order valence-electron chi connectivity index (χ1n) is 8.60. The number of carbonyl (C=O) groups is 6. The first-order valence-corrected chi connectivity index (χ1v) is 9.87. The molecule has 4 atom stereocenters. The minimum absolute atomic E-state index is 0.0152. The van der Waals surface area contributed by atoms with Crippen LogP contribution in [0.25, 0.3) is 0 Å². The molecular formula is C15H26N6O7S2. The van der Waals surface area contributed by atoms with Gasteiger partial charge in [0.1, 0.15) is 18.1 Å². The van der Waals surface area contributed by atoms with Crippen LogP contribution in [0.4, 0.5) is 0 Å². The number of hydrogen-bond donors (Lipinski definition) is 9. The third kappa shape index (κ3) is 10.3. The lowest BCUT2D eigenvalue weighted by molar-refractivity contribution is -0.142. The molecule has 0 rings (SSSR count). The minimum Gasteiger partial charge on any atom is -0.480 e. The first-order chi connectivity index (χ1) is 13.9. The van der Waals surface area contributed by atoms with Gasteiger partial charge in [-0.3, -0.25) is 24.0 Å². The summed E-state index contributed by atoms with van der Waals surface area (Å²) < 4.78 is 0. The van der Waals surface area contributed by atoms with E-state index in [9.17, 15) is 28.8 Å². The van der Waals surface area contributed by atoms with Crippen LogP contribution in [0, 0.1) is 0 Å². The monoisotopic (exact) mass is 466 g/mol. The molecule has 5 amide bonds. The third-order valence-corrected chi connectivity index (χ3v) is 4.44. The van der Waals surface area contributed by atoms with Gasteiger partial charge in [0, 0.05) is 17.9 Å². The number of carboxylic acid groups (broad SMARTS) is 1. The standard InChI is InChI=1S/C15H26N6O7S2/c16-6(4-29)12(24)21-9(5-30)14(26)20-8(3-11(18)23)13(25)19-7(15(27)28)1-2-10(17)22/h6-9,29-30H,1-5,16H2,(H2,17,22)(H2,18,23)(H,19,25)(H,20,26)(H,21,24)(H,27,28). The van der Waals surface area contributed by atoms with Gasteiger partial charge >= 0.3 is 5.97 Å². The van der Waals surface area contributed by atoms with Crippen molar-refractivity contribution in [2.75, 3.05) is 11.5 Å². The summed E-state index contributed by atoms with van der Waals surface area (Å²) in [5, 5.41) is 15.8. The van der Waals surface area contributed by atoms with Crippen LogP contribution in [-0.2, 0) is 28.8 Å². The summed E-state index contributed by atoms with van der Waals surface area (Å²) in [6.07, 6.45) is -1.27. The highest BCUT2D eigenvalue weighted by Gasteiger charge is 2.30. The Bertz CT molecular complexity index is 678. The summed E-state index contributed by atoms with van der Waals surface area (Å²) in [5.41, 5.74) is 15.6. The summed E-state index contributed by atoms with van der Waals surface area (Å²) in [6, 6.07) is -5.23. The highest BCUT2D eigenvalue weighted by Crippen LogP contribution is 2.02. The predicted molar refractivity (Wildman–Crippen MR) is 111 cm³/mol. The van der Waals surface area contributed by atoms with Crippen LogP contribution in [0.5, 0.6) is 0 Å². The molecule has 0 bridgehead atoms. The van der Waals surface area contributed by atoms with Gasteiger partial charge in [0.2, 0.25) is 29.5 Å². The molecule has 10 N–H and O–H groups in total. The molecule has 0 aliphatic heterocycles. The van der Waals surface area contributed by atoms with Gasteiger partial charge in [0.25, 0.3) is 0 Å². The van der Waals surface area contributed by atoms with Gasteiger partial charge in [-0.1, -0.05) is 0 Å². The predicted octanol–water partition coefficient (Wildman–Crippen LogP) is -4.15. The van der Waals surface area contributed by atoms with Gasteiger partial charge in [-0.05, 0) is 6.42 Å². The van der Waals surface area contributed by atoms with Crippen molar-refractivity contribution in [2.45, 2.75) is 43.4 Å². The Morgan fingerprint density at radius 3 is 1.70 bits per heavy atom. The summed E-state index contributed by atoms with van der Waals surface area (Å²) in [4.78, 5) is 70.0. The molecule has 0 spiro atoms. The molecule has 0 heterocycles. The van der Waals surface area contributed by atoms with Crippen LogP contribution in [-0.4, -0.2) is 76.3 Å². The molecule has 170 valence electrons. The SMILES string of the molecule is NC(=O)CCC(NC(=O)C(CC(N)=O)NC(=O)C(CS)NC(=O)C(N)CS)C(=O)O. The van der Waals surface area contributed by atoms with Crippen LogP contribution in [0.1, 0.15) is 19.3 Å². The van der Waals surface area contributed by atoms with Crippen LogP contribution in [0.2, 0.25) is 0 Å². The van der Waals surface area contributed by atoms with Crippen molar-refractivity contribution in [3.63, 3.8) is 0 Å². The fraction of sp³-hybridized carbons (Fsp3) is 0.600. The Morgan fingerprint density at radius 1 is 0.767 bits per heavy atom. The van der Waals surface area contributed by atoms with E-state index >= 15 is 0 Å². The second kappa shape index (κ2) is 13.7. The zero-order valence-corrected chi connectivity index (χ0v) is 17.7. The third-order valence-electron chi connectivity index (χ3n) is 3.68. The molecule has 0 fully saturated rings. The van der Waals surface area contributed by atoms with E-state index in [1.54, 1.807) is 0 Å². The zero-order valence-electron chi connectivity index (χ0n) is 15.9. The molecule has 30 heavy (non-hydrogen) atoms. The van der Waals surface area contributed by atoms with E-state index in [0.717, 1.165) is 0 Å². The van der Waals surface area contributed by atoms with Gasteiger partial charge in [0.15, 0.2) is 0 Å². The van der Waals surface area contributed by atoms with Crippen molar-refractivity contribution in [3.8, 4) is 0 Å². The van der Waals surface area contributed by atoms with Gasteiger partial charge in [0.05, 0.1) is 12.5 Å². The maximum absolute atomic E-state index is 12.4. The minimum atomic E-state index is -1.54. The quantitative estimate of drug-likeness (QED) is 0.114. The second-order valence-electron chi connectivity index (χ2n) is 6.17. The molecular weight excluding hydrogens is 440 g/mol. The van der Waals surface area contributed by atoms with Gasteiger partial charge in [-0.15, -0.1) is 0 Å². The smallest absolute Gasteiger partial charge is 0.326 e. The van der Waals surface area contributed by atoms with Gasteiger partial charge < -0.3 is 38.3 Å². The molecule has 0 aliphatic rings. The number of hydrogen-bond acceptors (Lipinski definition) is 9. The summed E-state index contributed by atoms with van der Waals surface area (Å²) >= 11 is 7.82. The maximum atomic E-state index is 12.4. The summed E-state index contributed by atoms with van der Waals surface area (Å²) in [7, 11) is 0. The van der Waals surface area contributed by atoms with E-state index in [4.69, 9.17) is 22.3 Å². The Kier molecular flexibility index (Phi) is 12.5. The topological polar surface area (TPSA) is 237 Å². The molecule has 0 aromatic carbocycles. The van der Waals surface area contributed by atoms with E-state index in [-0.39, 0.29) is 24.3 Å². The fourth-order valence-electron chi connectivity index (χ4n) is 2.05. The maximum Gasteiger partial charge on any atom is 0.326 e. The van der Waals surface area contributed by atoms with E-state index in [1.807, 2.05) is 0 Å². The number of carboxylic acids is 1. The molecule has 0 saturated carbocycles. The van der Waals surface area contributed by atoms with Crippen molar-refractivity contribution >= 4 is 60.8 Å². The molecule has 0 saturated heterocycles. The largest absolute Gasteiger partial charge is 0.480 e. The van der Waals surface area contributed by atoms with E-state index in [0.29, 0.717) is 0 Å². The van der Waals surface area contributed by atoms with E-state index in [1.165, 1.54) is 0 Å². The fourth-order valence-corrected chi connectivity index (χ4v) is 2.48. The highest BCUT2D eigenvalue weighted by molar-refractivity contribution is 7.80. The lowest BCUT2D eigenvalue weighted by atomic mass is 10.1. The number of primary amides is 2. The molecule has 15 heteroatoms. The number of aliphatic carboxylic acids is 1. The van der Waals surface area contributed by atoms with Crippen molar-refractivity contribution in [3.05, 3.63) is 0 Å². The Labute approximate surface area is 183 Å². The van der Waals surface area contributed by atoms with E-state index < -0.39 is 66.1 Å². The highest BCUT2D eigenvalue weighted by atomic mass is 32.1. The number of thiol groups is 2.